The summed E-state index contributed by atoms with van der Waals surface area (Å²) < 4.78 is 1.05. The van der Waals surface area contributed by atoms with E-state index in [2.05, 4.69) is 20.9 Å². The first kappa shape index (κ1) is 13.2. The van der Waals surface area contributed by atoms with Crippen molar-refractivity contribution in [2.45, 2.75) is 25.4 Å². The number of nitrogens with zero attached hydrogens (tertiary/aromatic N) is 1. The summed E-state index contributed by atoms with van der Waals surface area (Å²) in [6.07, 6.45) is 4.79. The fourth-order valence-electron chi connectivity index (χ4n) is 2.05. The van der Waals surface area contributed by atoms with Gasteiger partial charge < -0.3 is 5.11 Å². The predicted octanol–water partition coefficient (Wildman–Crippen LogP) is 3.38. The maximum absolute atomic E-state index is 10.5. The molecule has 0 aliphatic rings. The van der Waals surface area contributed by atoms with Crippen molar-refractivity contribution in [2.24, 2.45) is 0 Å². The molecular weight excluding hydrogens is 290 g/mol. The van der Waals surface area contributed by atoms with Gasteiger partial charge in [-0.15, -0.1) is 0 Å². The lowest BCUT2D eigenvalue weighted by Crippen LogP contribution is -2.30. The summed E-state index contributed by atoms with van der Waals surface area (Å²) in [5.74, 6) is 0. The zero-order chi connectivity index (χ0) is 13.0. The average molecular weight is 306 g/mol. The van der Waals surface area contributed by atoms with Gasteiger partial charge in [-0.3, -0.25) is 4.98 Å². The summed E-state index contributed by atoms with van der Waals surface area (Å²) in [4.78, 5) is 4.07. The first-order valence-corrected chi connectivity index (χ1v) is 6.70. The minimum Gasteiger partial charge on any atom is -0.389 e. The van der Waals surface area contributed by atoms with Crippen molar-refractivity contribution in [3.8, 4) is 0 Å². The topological polar surface area (TPSA) is 33.1 Å². The SMILES string of the molecule is CC(O)(Cc1ccc(Br)cc1)Cc1cccnc1. The zero-order valence-electron chi connectivity index (χ0n) is 10.3. The number of rotatable bonds is 4. The van der Waals surface area contributed by atoms with Gasteiger partial charge in [0, 0.05) is 29.7 Å². The van der Waals surface area contributed by atoms with Gasteiger partial charge in [-0.25, -0.2) is 0 Å². The molecule has 2 aromatic rings. The fourth-order valence-corrected chi connectivity index (χ4v) is 2.31. The number of halogens is 1. The van der Waals surface area contributed by atoms with Gasteiger partial charge in [0.15, 0.2) is 0 Å². The largest absolute Gasteiger partial charge is 0.389 e. The van der Waals surface area contributed by atoms with E-state index < -0.39 is 5.60 Å². The van der Waals surface area contributed by atoms with E-state index in [0.717, 1.165) is 15.6 Å². The molecule has 0 aliphatic heterocycles. The van der Waals surface area contributed by atoms with Crippen molar-refractivity contribution < 1.29 is 5.11 Å². The van der Waals surface area contributed by atoms with Gasteiger partial charge >= 0.3 is 0 Å². The standard InChI is InChI=1S/C15H16BrNO/c1-15(18,10-13-3-2-8-17-11-13)9-12-4-6-14(16)7-5-12/h2-8,11,18H,9-10H2,1H3. The lowest BCUT2D eigenvalue weighted by atomic mass is 9.90. The molecular formula is C15H16BrNO. The van der Waals surface area contributed by atoms with Gasteiger partial charge in [-0.1, -0.05) is 34.1 Å². The second-order valence-corrected chi connectivity index (χ2v) is 5.75. The minimum absolute atomic E-state index is 0.608. The van der Waals surface area contributed by atoms with Crippen molar-refractivity contribution >= 4 is 15.9 Å². The fraction of sp³-hybridized carbons (Fsp3) is 0.267. The van der Waals surface area contributed by atoms with Crippen molar-refractivity contribution in [2.75, 3.05) is 0 Å². The van der Waals surface area contributed by atoms with E-state index in [9.17, 15) is 5.11 Å². The van der Waals surface area contributed by atoms with Crippen LogP contribution in [0.15, 0.2) is 53.3 Å². The number of pyridine rings is 1. The molecule has 0 spiro atoms. The van der Waals surface area contributed by atoms with E-state index in [1.54, 1.807) is 12.4 Å². The Kier molecular flexibility index (Phi) is 4.15. The monoisotopic (exact) mass is 305 g/mol. The smallest absolute Gasteiger partial charge is 0.0700 e. The summed E-state index contributed by atoms with van der Waals surface area (Å²) >= 11 is 3.41. The summed E-state index contributed by atoms with van der Waals surface area (Å²) in [6, 6.07) is 11.9. The normalized spacial score (nSPS) is 14.2. The summed E-state index contributed by atoms with van der Waals surface area (Å²) in [5, 5.41) is 10.5. The van der Waals surface area contributed by atoms with Crippen molar-refractivity contribution in [3.63, 3.8) is 0 Å². The summed E-state index contributed by atoms with van der Waals surface area (Å²) in [5.41, 5.74) is 1.43. The van der Waals surface area contributed by atoms with Gasteiger partial charge in [0.1, 0.15) is 0 Å². The third kappa shape index (κ3) is 3.93. The molecule has 1 N–H and O–H groups in total. The average Bonchev–Trinajstić information content (AvgIpc) is 2.32. The molecule has 0 amide bonds. The molecule has 0 saturated carbocycles. The molecule has 18 heavy (non-hydrogen) atoms. The Morgan fingerprint density at radius 2 is 1.78 bits per heavy atom. The molecule has 0 fully saturated rings. The highest BCUT2D eigenvalue weighted by atomic mass is 79.9. The van der Waals surface area contributed by atoms with Gasteiger partial charge in [0.05, 0.1) is 5.60 Å². The van der Waals surface area contributed by atoms with Gasteiger partial charge in [0.2, 0.25) is 0 Å². The highest BCUT2D eigenvalue weighted by Gasteiger charge is 2.21. The van der Waals surface area contributed by atoms with Crippen LogP contribution >= 0.6 is 15.9 Å². The Hall–Kier alpha value is -1.19. The molecule has 0 saturated heterocycles. The minimum atomic E-state index is -0.753. The second-order valence-electron chi connectivity index (χ2n) is 4.84. The number of hydrogen-bond acceptors (Lipinski definition) is 2. The highest BCUT2D eigenvalue weighted by Crippen LogP contribution is 2.19. The van der Waals surface area contributed by atoms with Crippen LogP contribution in [-0.2, 0) is 12.8 Å². The van der Waals surface area contributed by atoms with Crippen LogP contribution in [0.3, 0.4) is 0 Å². The van der Waals surface area contributed by atoms with Crippen LogP contribution in [0.5, 0.6) is 0 Å². The van der Waals surface area contributed by atoms with E-state index in [1.165, 1.54) is 0 Å². The molecule has 1 atom stereocenters. The third-order valence-electron chi connectivity index (χ3n) is 2.81. The van der Waals surface area contributed by atoms with Gasteiger partial charge in [-0.2, -0.15) is 0 Å². The predicted molar refractivity (Wildman–Crippen MR) is 76.4 cm³/mol. The zero-order valence-corrected chi connectivity index (χ0v) is 11.9. The van der Waals surface area contributed by atoms with Crippen LogP contribution in [0.1, 0.15) is 18.1 Å². The Morgan fingerprint density at radius 1 is 1.11 bits per heavy atom. The quantitative estimate of drug-likeness (QED) is 0.939. The Bertz CT molecular complexity index is 494. The Balaban J connectivity index is 2.05. The lowest BCUT2D eigenvalue weighted by molar-refractivity contribution is 0.0607. The number of aromatic nitrogens is 1. The molecule has 0 aliphatic carbocycles. The Labute approximate surface area is 116 Å². The van der Waals surface area contributed by atoms with Crippen molar-refractivity contribution in [1.82, 2.24) is 4.98 Å². The molecule has 2 rings (SSSR count). The number of benzene rings is 1. The third-order valence-corrected chi connectivity index (χ3v) is 3.33. The van der Waals surface area contributed by atoms with E-state index in [-0.39, 0.29) is 0 Å². The molecule has 0 bridgehead atoms. The molecule has 1 heterocycles. The van der Waals surface area contributed by atoms with E-state index in [4.69, 9.17) is 0 Å². The van der Waals surface area contributed by atoms with Crippen LogP contribution in [0.25, 0.3) is 0 Å². The van der Waals surface area contributed by atoms with Crippen LogP contribution in [0, 0.1) is 0 Å². The van der Waals surface area contributed by atoms with Crippen LogP contribution in [0.2, 0.25) is 0 Å². The van der Waals surface area contributed by atoms with Gasteiger partial charge in [0.25, 0.3) is 0 Å². The highest BCUT2D eigenvalue weighted by molar-refractivity contribution is 9.10. The molecule has 1 aromatic carbocycles. The van der Waals surface area contributed by atoms with Crippen LogP contribution in [-0.4, -0.2) is 15.7 Å². The lowest BCUT2D eigenvalue weighted by Gasteiger charge is -2.23. The first-order chi connectivity index (χ1) is 8.55. The second kappa shape index (κ2) is 5.63. The molecule has 1 unspecified atom stereocenters. The van der Waals surface area contributed by atoms with E-state index >= 15 is 0 Å². The molecule has 0 radical (unpaired) electrons. The maximum atomic E-state index is 10.5. The van der Waals surface area contributed by atoms with Crippen molar-refractivity contribution in [1.29, 1.82) is 0 Å². The first-order valence-electron chi connectivity index (χ1n) is 5.91. The summed E-state index contributed by atoms with van der Waals surface area (Å²) in [7, 11) is 0. The van der Waals surface area contributed by atoms with Gasteiger partial charge in [-0.05, 0) is 36.2 Å². The maximum Gasteiger partial charge on any atom is 0.0700 e. The van der Waals surface area contributed by atoms with E-state index in [0.29, 0.717) is 12.8 Å². The molecule has 2 nitrogen and oxygen atoms in total. The van der Waals surface area contributed by atoms with E-state index in [1.807, 2.05) is 43.3 Å². The summed E-state index contributed by atoms with van der Waals surface area (Å²) in [6.45, 7) is 1.86. The number of aliphatic hydroxyl groups is 1. The Morgan fingerprint density at radius 3 is 2.39 bits per heavy atom. The molecule has 3 heteroatoms. The van der Waals surface area contributed by atoms with Crippen molar-refractivity contribution in [3.05, 3.63) is 64.4 Å². The molecule has 1 aromatic heterocycles. The van der Waals surface area contributed by atoms with Crippen LogP contribution in [0.4, 0.5) is 0 Å². The molecule has 94 valence electrons. The van der Waals surface area contributed by atoms with Crippen LogP contribution < -0.4 is 0 Å². The number of hydrogen-bond donors (Lipinski definition) is 1.